The molecule has 0 saturated carbocycles. The molecule has 1 aromatic heterocycles. The number of primary amides is 3. The number of nitrogens with two attached hydrogens (primary N) is 6. The third-order valence-corrected chi connectivity index (χ3v) is 18.1. The number of aliphatic hydroxyl groups is 2. The summed E-state index contributed by atoms with van der Waals surface area (Å²) >= 11 is 0. The second kappa shape index (κ2) is 51.0. The van der Waals surface area contributed by atoms with Crippen LogP contribution in [0.5, 0.6) is 0 Å². The molecule has 2 aromatic carbocycles. The second-order valence-corrected chi connectivity index (χ2v) is 29.3. The van der Waals surface area contributed by atoms with E-state index in [0.29, 0.717) is 30.5 Å². The van der Waals surface area contributed by atoms with Crippen LogP contribution in [-0.4, -0.2) is 243 Å². The number of carbonyl (C=O) groups excluding carboxylic acids is 17. The quantitative estimate of drug-likeness (QED) is 0.0142. The summed E-state index contributed by atoms with van der Waals surface area (Å²) in [7, 11) is 0. The average molecular weight is 1660 g/mol. The number of rotatable bonds is 53. The van der Waals surface area contributed by atoms with E-state index in [4.69, 9.17) is 39.8 Å². The smallest absolute Gasteiger partial charge is 0.245 e. The predicted octanol–water partition coefficient (Wildman–Crippen LogP) is -8.27. The van der Waals surface area contributed by atoms with Crippen LogP contribution in [0.4, 0.5) is 0 Å². The minimum Gasteiger partial charge on any atom is -0.391 e. The predicted molar refractivity (Wildman–Crippen MR) is 427 cm³/mol. The topological polar surface area (TPSA) is 720 Å². The third kappa shape index (κ3) is 36.7. The normalized spacial score (nSPS) is 15.2. The van der Waals surface area contributed by atoms with E-state index in [1.807, 2.05) is 0 Å². The first-order chi connectivity index (χ1) is 55.5. The summed E-state index contributed by atoms with van der Waals surface area (Å²) in [4.78, 5) is 237. The highest BCUT2D eigenvalue weighted by atomic mass is 16.3. The number of aromatic nitrogens is 2. The summed E-state index contributed by atoms with van der Waals surface area (Å²) in [6, 6.07) is -3.89. The number of amides is 17. The molecule has 0 spiro atoms. The molecule has 3 aromatic rings. The van der Waals surface area contributed by atoms with Crippen molar-refractivity contribution in [2.75, 3.05) is 19.6 Å². The van der Waals surface area contributed by atoms with Crippen LogP contribution < -0.4 is 114 Å². The van der Waals surface area contributed by atoms with Crippen molar-refractivity contribution in [3.63, 3.8) is 0 Å². The van der Waals surface area contributed by atoms with Gasteiger partial charge in [0.2, 0.25) is 100 Å². The highest BCUT2D eigenvalue weighted by Gasteiger charge is 2.39. The van der Waals surface area contributed by atoms with Crippen LogP contribution in [0.2, 0.25) is 0 Å². The van der Waals surface area contributed by atoms with Gasteiger partial charge in [-0.15, -0.1) is 0 Å². The van der Waals surface area contributed by atoms with Gasteiger partial charge in [0, 0.05) is 38.4 Å². The molecule has 0 radical (unpaired) electrons. The Hall–Kier alpha value is -12.2. The molecule has 1 heterocycles. The molecule has 118 heavy (non-hydrogen) atoms. The lowest BCUT2D eigenvalue weighted by atomic mass is 9.99. The molecule has 652 valence electrons. The number of imidazole rings is 1. The van der Waals surface area contributed by atoms with E-state index in [0.717, 1.165) is 13.8 Å². The molecule has 31 N–H and O–H groups in total. The van der Waals surface area contributed by atoms with Crippen molar-refractivity contribution in [1.29, 1.82) is 5.41 Å². The van der Waals surface area contributed by atoms with Crippen molar-refractivity contribution in [3.05, 3.63) is 90.0 Å². The van der Waals surface area contributed by atoms with Gasteiger partial charge in [-0.1, -0.05) is 94.8 Å². The first kappa shape index (κ1) is 99.9. The van der Waals surface area contributed by atoms with Crippen LogP contribution in [0.1, 0.15) is 137 Å². The highest BCUT2D eigenvalue weighted by Crippen LogP contribution is 2.14. The summed E-state index contributed by atoms with van der Waals surface area (Å²) < 4.78 is 0. The van der Waals surface area contributed by atoms with Crippen molar-refractivity contribution in [2.45, 2.75) is 236 Å². The Labute approximate surface area is 682 Å². The summed E-state index contributed by atoms with van der Waals surface area (Å²) in [5, 5.41) is 65.8. The lowest BCUT2D eigenvalue weighted by Crippen LogP contribution is -2.63. The molecule has 0 aliphatic carbocycles. The number of aromatic amines is 1. The van der Waals surface area contributed by atoms with Gasteiger partial charge in [0.05, 0.1) is 43.2 Å². The van der Waals surface area contributed by atoms with Gasteiger partial charge in [0.1, 0.15) is 78.5 Å². The maximum absolute atomic E-state index is 14.5. The van der Waals surface area contributed by atoms with Crippen LogP contribution in [0.3, 0.4) is 0 Å². The monoisotopic (exact) mass is 1660 g/mol. The standard InChI is InChI=1S/C75H118N24O19/c1-37(2)29-50(68(112)91-48(61(80)105)24-18-28-84-75(81)82)94-70(114)52(31-45-21-14-11-15-22-45)95-69(113)51(30-44-19-12-10-13-20-44)90-57(104)35-85-62(106)39(5)87-67(111)53(32-46-34-83-36-86-46)93-63(107)40(6)89-73(117)59(42(8)100)98-64(108)41(7)88-72(116)58(38(3)4)97-74(118)60(43(9)101)99-71(115)54(33-56(79)103)96-66(110)49(25-26-55(78)102)92-65(109)47(77)23-16-17-27-76/h10-15,19-22,34,36-43,47-54,58-60,100-101H,16-18,23-33,35,76-77H2,1-9H3,(H2,78,102)(H2,79,103)(H2,80,105)(H,83,86)(H,85,106)(H,87,111)(H,88,116)(H,89,117)(H,90,104)(H,91,112)(H,92,109)(H,93,107)(H,94,114)(H,95,113)(H,96,110)(H,97,118)(H,98,108)(H,99,115)(H4,81,82,84)/t39-,40-,41-,42+,43+,47-,48-,49-,50-,51-,52-,53-,54-,58-,59-,60-/m0/s1. The van der Waals surface area contributed by atoms with E-state index in [9.17, 15) is 91.7 Å². The summed E-state index contributed by atoms with van der Waals surface area (Å²) in [6.45, 7) is 12.2. The number of hydrogen-bond donors (Lipinski definition) is 25. The molecule has 43 nitrogen and oxygen atoms in total. The van der Waals surface area contributed by atoms with E-state index >= 15 is 0 Å². The van der Waals surface area contributed by atoms with Gasteiger partial charge >= 0.3 is 0 Å². The van der Waals surface area contributed by atoms with Crippen LogP contribution in [0, 0.1) is 17.2 Å². The summed E-state index contributed by atoms with van der Waals surface area (Å²) in [6.07, 6.45) is -1.31. The zero-order valence-corrected chi connectivity index (χ0v) is 67.7. The zero-order valence-electron chi connectivity index (χ0n) is 67.7. The fraction of sp³-hybridized carbons (Fsp3) is 0.560. The van der Waals surface area contributed by atoms with Crippen molar-refractivity contribution in [2.24, 2.45) is 46.2 Å². The van der Waals surface area contributed by atoms with E-state index in [-0.39, 0.29) is 75.5 Å². The molecule has 0 aliphatic rings. The minimum absolute atomic E-state index is 0.0733. The Bertz CT molecular complexity index is 3890. The maximum Gasteiger partial charge on any atom is 0.245 e. The van der Waals surface area contributed by atoms with Crippen LogP contribution in [-0.2, 0) is 101 Å². The lowest BCUT2D eigenvalue weighted by molar-refractivity contribution is -0.138. The van der Waals surface area contributed by atoms with Gasteiger partial charge in [-0.2, -0.15) is 0 Å². The number of aliphatic hydroxyl groups excluding tert-OH is 2. The molecule has 0 fully saturated rings. The van der Waals surface area contributed by atoms with Crippen molar-refractivity contribution in [1.82, 2.24) is 89.7 Å². The number of benzene rings is 2. The van der Waals surface area contributed by atoms with Gasteiger partial charge < -0.3 is 129 Å². The molecule has 17 amide bonds. The summed E-state index contributed by atoms with van der Waals surface area (Å²) in [5.74, 6) is -17.8. The van der Waals surface area contributed by atoms with E-state index in [1.54, 1.807) is 74.5 Å². The van der Waals surface area contributed by atoms with Crippen molar-refractivity contribution < 1.29 is 91.7 Å². The number of hydrogen-bond acceptors (Lipinski definition) is 23. The number of guanidine groups is 1. The molecule has 0 bridgehead atoms. The number of nitrogens with one attached hydrogen (secondary N) is 17. The van der Waals surface area contributed by atoms with Crippen LogP contribution >= 0.6 is 0 Å². The Balaban J connectivity index is 1.73. The number of carbonyl (C=O) groups is 17. The van der Waals surface area contributed by atoms with Crippen LogP contribution in [0.25, 0.3) is 0 Å². The minimum atomic E-state index is -1.91. The first-order valence-electron chi connectivity index (χ1n) is 38.5. The van der Waals surface area contributed by atoms with E-state index in [1.165, 1.54) is 47.1 Å². The fourth-order valence-corrected chi connectivity index (χ4v) is 11.5. The molecule has 3 rings (SSSR count). The summed E-state index contributed by atoms with van der Waals surface area (Å²) in [5.41, 5.74) is 34.6. The fourth-order valence-electron chi connectivity index (χ4n) is 11.5. The van der Waals surface area contributed by atoms with Gasteiger partial charge in [-0.25, -0.2) is 4.98 Å². The van der Waals surface area contributed by atoms with Crippen molar-refractivity contribution >= 4 is 106 Å². The van der Waals surface area contributed by atoms with Crippen molar-refractivity contribution in [3.8, 4) is 0 Å². The third-order valence-electron chi connectivity index (χ3n) is 18.1. The Kier molecular flexibility index (Phi) is 43.2. The number of H-pyrrole nitrogens is 1. The van der Waals surface area contributed by atoms with Gasteiger partial charge in [-0.3, -0.25) is 86.9 Å². The molecule has 0 unspecified atom stereocenters. The number of unbranched alkanes of at least 4 members (excludes halogenated alkanes) is 1. The largest absolute Gasteiger partial charge is 0.391 e. The Morgan fingerprint density at radius 2 is 0.864 bits per heavy atom. The first-order valence-corrected chi connectivity index (χ1v) is 38.5. The molecule has 16 atom stereocenters. The lowest BCUT2D eigenvalue weighted by Gasteiger charge is -2.29. The molecular weight excluding hydrogens is 1540 g/mol. The molecular formula is C75H118N24O19. The maximum atomic E-state index is 14.5. The van der Waals surface area contributed by atoms with Gasteiger partial charge in [0.25, 0.3) is 0 Å². The second-order valence-electron chi connectivity index (χ2n) is 29.3. The zero-order chi connectivity index (χ0) is 88.6. The number of nitrogens with zero attached hydrogens (tertiary/aromatic N) is 1. The van der Waals surface area contributed by atoms with Gasteiger partial charge in [-0.05, 0) is 103 Å². The Morgan fingerprint density at radius 3 is 1.36 bits per heavy atom. The Morgan fingerprint density at radius 1 is 0.432 bits per heavy atom. The molecule has 0 saturated heterocycles. The SMILES string of the molecule is CC(C)C[C@H](NC(=O)[C@H](Cc1ccccc1)NC(=O)[C@H](Cc1ccccc1)NC(=O)CNC(=O)[C@H](C)NC(=O)[C@H](Cc1c[nH]cn1)NC(=O)[C@H](C)NC(=O)[C@@H](NC(=O)[C@H](C)NC(=O)[C@@H](NC(=O)[C@@H](NC(=O)[C@H](CC(N)=O)NC(=O)[C@H](CCC(N)=O)NC(=O)[C@@H](N)CCCCN)[C@@H](C)O)C(C)C)[C@@H](C)O)C(=O)N[C@@H](CCCNC(=N)N)C(N)=O. The van der Waals surface area contributed by atoms with E-state index in [2.05, 4.69) is 89.7 Å². The van der Waals surface area contributed by atoms with Crippen LogP contribution in [0.15, 0.2) is 73.2 Å². The van der Waals surface area contributed by atoms with E-state index < -0.39 is 223 Å². The molecule has 0 aliphatic heterocycles. The average Bonchev–Trinajstić information content (AvgIpc) is 0.911. The highest BCUT2D eigenvalue weighted by molar-refractivity contribution is 6.01. The van der Waals surface area contributed by atoms with Gasteiger partial charge in [0.15, 0.2) is 5.96 Å². The molecule has 43 heteroatoms.